The van der Waals surface area contributed by atoms with E-state index >= 15 is 0 Å². The van der Waals surface area contributed by atoms with Crippen molar-refractivity contribution in [2.24, 2.45) is 4.99 Å². The molecule has 1 aromatic rings. The van der Waals surface area contributed by atoms with Gasteiger partial charge in [0.25, 0.3) is 0 Å². The second-order valence-electron chi connectivity index (χ2n) is 2.83. The monoisotopic (exact) mass is 173 g/mol. The third kappa shape index (κ3) is 1.15. The Balaban J connectivity index is 2.59. The van der Waals surface area contributed by atoms with Gasteiger partial charge in [0, 0.05) is 18.2 Å². The maximum atomic E-state index is 5.54. The van der Waals surface area contributed by atoms with Gasteiger partial charge in [0.05, 0.1) is 0 Å². The minimum absolute atomic E-state index is 0.712. The van der Waals surface area contributed by atoms with E-state index in [0.717, 1.165) is 16.9 Å². The molecule has 66 valence electrons. The Morgan fingerprint density at radius 3 is 2.77 bits per heavy atom. The topological polar surface area (TPSA) is 21.6 Å². The van der Waals surface area contributed by atoms with Crippen LogP contribution in [0.25, 0.3) is 5.57 Å². The molecule has 0 unspecified atom stereocenters. The number of allylic oxidation sites excluding steroid dienone is 1. The molecule has 0 aliphatic carbocycles. The fraction of sp³-hybridized carbons (Fsp3) is 0.182. The molecule has 0 spiro atoms. The second kappa shape index (κ2) is 3.05. The molecule has 0 saturated carbocycles. The maximum Gasteiger partial charge on any atom is 0.222 e. The summed E-state index contributed by atoms with van der Waals surface area (Å²) in [5, 5.41) is 0. The second-order valence-corrected chi connectivity index (χ2v) is 2.83. The Morgan fingerprint density at radius 2 is 2.08 bits per heavy atom. The van der Waals surface area contributed by atoms with E-state index in [-0.39, 0.29) is 0 Å². The van der Waals surface area contributed by atoms with Gasteiger partial charge in [-0.05, 0) is 13.0 Å². The van der Waals surface area contributed by atoms with Gasteiger partial charge in [-0.25, -0.2) is 0 Å². The van der Waals surface area contributed by atoms with Crippen LogP contribution in [0.2, 0.25) is 0 Å². The summed E-state index contributed by atoms with van der Waals surface area (Å²) in [4.78, 5) is 4.08. The smallest absolute Gasteiger partial charge is 0.222 e. The molecule has 0 bridgehead atoms. The Labute approximate surface area is 77.6 Å². The van der Waals surface area contributed by atoms with Crippen LogP contribution in [-0.2, 0) is 0 Å². The summed E-state index contributed by atoms with van der Waals surface area (Å²) in [7, 11) is 1.74. The zero-order valence-corrected chi connectivity index (χ0v) is 7.74. The van der Waals surface area contributed by atoms with Gasteiger partial charge in [0.1, 0.15) is 5.75 Å². The van der Waals surface area contributed by atoms with Crippen LogP contribution in [0.1, 0.15) is 12.5 Å². The van der Waals surface area contributed by atoms with Crippen molar-refractivity contribution in [3.63, 3.8) is 0 Å². The Bertz CT molecular complexity index is 391. The summed E-state index contributed by atoms with van der Waals surface area (Å²) in [6.07, 6.45) is 2.02. The quantitative estimate of drug-likeness (QED) is 0.590. The first kappa shape index (κ1) is 8.05. The summed E-state index contributed by atoms with van der Waals surface area (Å²) in [5.74, 6) is 1.61. The van der Waals surface area contributed by atoms with Crippen molar-refractivity contribution in [2.75, 3.05) is 7.05 Å². The molecule has 1 aliphatic rings. The van der Waals surface area contributed by atoms with Crippen LogP contribution < -0.4 is 4.74 Å². The molecule has 0 radical (unpaired) electrons. The van der Waals surface area contributed by atoms with Crippen LogP contribution in [-0.4, -0.2) is 12.9 Å². The van der Waals surface area contributed by atoms with Gasteiger partial charge in [-0.3, -0.25) is 4.99 Å². The highest BCUT2D eigenvalue weighted by Crippen LogP contribution is 2.33. The molecule has 2 nitrogen and oxygen atoms in total. The van der Waals surface area contributed by atoms with E-state index in [9.17, 15) is 0 Å². The van der Waals surface area contributed by atoms with Crippen molar-refractivity contribution in [3.8, 4) is 5.75 Å². The summed E-state index contributed by atoms with van der Waals surface area (Å²) < 4.78 is 5.54. The number of rotatable bonds is 0. The van der Waals surface area contributed by atoms with Gasteiger partial charge >= 0.3 is 0 Å². The molecule has 0 N–H and O–H groups in total. The SMILES string of the molecule is CC=C1C(=NC)Oc2ccccc21. The maximum absolute atomic E-state index is 5.54. The summed E-state index contributed by atoms with van der Waals surface area (Å²) in [6, 6.07) is 7.97. The van der Waals surface area contributed by atoms with Gasteiger partial charge in [0.15, 0.2) is 0 Å². The first-order valence-electron chi connectivity index (χ1n) is 4.27. The Hall–Kier alpha value is -1.57. The Morgan fingerprint density at radius 1 is 1.31 bits per heavy atom. The summed E-state index contributed by atoms with van der Waals surface area (Å²) in [6.45, 7) is 1.99. The van der Waals surface area contributed by atoms with Crippen molar-refractivity contribution in [2.45, 2.75) is 6.92 Å². The molecule has 13 heavy (non-hydrogen) atoms. The van der Waals surface area contributed by atoms with E-state index in [1.807, 2.05) is 37.3 Å². The molecule has 0 atom stereocenters. The van der Waals surface area contributed by atoms with E-state index < -0.39 is 0 Å². The van der Waals surface area contributed by atoms with Crippen molar-refractivity contribution in [3.05, 3.63) is 35.9 Å². The average molecular weight is 173 g/mol. The lowest BCUT2D eigenvalue weighted by Crippen LogP contribution is -2.01. The van der Waals surface area contributed by atoms with Gasteiger partial charge in [0.2, 0.25) is 5.90 Å². The van der Waals surface area contributed by atoms with Crippen molar-refractivity contribution < 1.29 is 4.74 Å². The highest BCUT2D eigenvalue weighted by Gasteiger charge is 2.22. The van der Waals surface area contributed by atoms with E-state index in [2.05, 4.69) is 4.99 Å². The molecule has 2 heteroatoms. The highest BCUT2D eigenvalue weighted by atomic mass is 16.5. The number of nitrogens with zero attached hydrogens (tertiary/aromatic N) is 1. The molecule has 1 aliphatic heterocycles. The van der Waals surface area contributed by atoms with Crippen molar-refractivity contribution in [1.29, 1.82) is 0 Å². The first-order valence-corrected chi connectivity index (χ1v) is 4.27. The van der Waals surface area contributed by atoms with E-state index in [4.69, 9.17) is 4.74 Å². The number of benzene rings is 1. The van der Waals surface area contributed by atoms with E-state index in [1.54, 1.807) is 7.05 Å². The molecule has 2 rings (SSSR count). The van der Waals surface area contributed by atoms with Crippen LogP contribution in [0, 0.1) is 0 Å². The normalized spacial score (nSPS) is 20.5. The van der Waals surface area contributed by atoms with Crippen molar-refractivity contribution in [1.82, 2.24) is 0 Å². The number of para-hydroxylation sites is 1. The van der Waals surface area contributed by atoms with Gasteiger partial charge in [-0.15, -0.1) is 0 Å². The predicted octanol–water partition coefficient (Wildman–Crippen LogP) is 2.51. The standard InChI is InChI=1S/C11H11NO/c1-3-8-9-6-4-5-7-10(9)13-11(8)12-2/h3-7H,1-2H3. The first-order chi connectivity index (χ1) is 6.36. The zero-order valence-electron chi connectivity index (χ0n) is 7.74. The number of ether oxygens (including phenoxy) is 1. The van der Waals surface area contributed by atoms with Crippen LogP contribution >= 0.6 is 0 Å². The highest BCUT2D eigenvalue weighted by molar-refractivity contribution is 6.24. The fourth-order valence-electron chi connectivity index (χ4n) is 1.50. The molecule has 0 saturated heterocycles. The number of hydrogen-bond acceptors (Lipinski definition) is 2. The van der Waals surface area contributed by atoms with E-state index in [1.165, 1.54) is 0 Å². The third-order valence-electron chi connectivity index (χ3n) is 2.11. The summed E-state index contributed by atoms with van der Waals surface area (Å²) in [5.41, 5.74) is 2.21. The molecule has 0 aromatic heterocycles. The number of hydrogen-bond donors (Lipinski definition) is 0. The average Bonchev–Trinajstić information content (AvgIpc) is 2.55. The lowest BCUT2D eigenvalue weighted by atomic mass is 10.1. The number of aliphatic imine (C=N–C) groups is 1. The fourth-order valence-corrected chi connectivity index (χ4v) is 1.50. The third-order valence-corrected chi connectivity index (χ3v) is 2.11. The van der Waals surface area contributed by atoms with Gasteiger partial charge in [-0.1, -0.05) is 24.3 Å². The molecule has 1 aromatic carbocycles. The lowest BCUT2D eigenvalue weighted by molar-refractivity contribution is 0.570. The lowest BCUT2D eigenvalue weighted by Gasteiger charge is -1.94. The van der Waals surface area contributed by atoms with Crippen molar-refractivity contribution >= 4 is 11.5 Å². The Kier molecular flexibility index (Phi) is 1.89. The van der Waals surface area contributed by atoms with Crippen LogP contribution in [0.15, 0.2) is 35.3 Å². The minimum Gasteiger partial charge on any atom is -0.438 e. The number of fused-ring (bicyclic) bond motifs is 1. The largest absolute Gasteiger partial charge is 0.438 e. The molecule has 1 heterocycles. The van der Waals surface area contributed by atoms with Crippen LogP contribution in [0.3, 0.4) is 0 Å². The molecular weight excluding hydrogens is 162 g/mol. The summed E-state index contributed by atoms with van der Waals surface area (Å²) >= 11 is 0. The van der Waals surface area contributed by atoms with Gasteiger partial charge in [-0.2, -0.15) is 0 Å². The van der Waals surface area contributed by atoms with Crippen LogP contribution in [0.4, 0.5) is 0 Å². The van der Waals surface area contributed by atoms with Crippen LogP contribution in [0.5, 0.6) is 5.75 Å². The van der Waals surface area contributed by atoms with Gasteiger partial charge < -0.3 is 4.74 Å². The van der Waals surface area contributed by atoms with E-state index in [0.29, 0.717) is 5.90 Å². The zero-order chi connectivity index (χ0) is 9.26. The molecule has 0 amide bonds. The molecule has 0 fully saturated rings. The predicted molar refractivity (Wildman–Crippen MR) is 54.1 cm³/mol. The minimum atomic E-state index is 0.712. The molecular formula is C11H11NO.